The second-order valence-corrected chi connectivity index (χ2v) is 8.14. The van der Waals surface area contributed by atoms with Gasteiger partial charge >= 0.3 is 0 Å². The Labute approximate surface area is 194 Å². The van der Waals surface area contributed by atoms with Crippen LogP contribution in [-0.4, -0.2) is 36.1 Å². The van der Waals surface area contributed by atoms with E-state index in [-0.39, 0.29) is 11.8 Å². The first-order valence-corrected chi connectivity index (χ1v) is 11.4. The summed E-state index contributed by atoms with van der Waals surface area (Å²) in [5, 5.41) is 3.06. The number of hydrogen-bond donors (Lipinski definition) is 1. The van der Waals surface area contributed by atoms with Gasteiger partial charge in [-0.3, -0.25) is 4.79 Å². The van der Waals surface area contributed by atoms with E-state index in [1.807, 2.05) is 42.5 Å². The van der Waals surface area contributed by atoms with Gasteiger partial charge < -0.3 is 19.7 Å². The van der Waals surface area contributed by atoms with E-state index in [0.717, 1.165) is 55.2 Å². The van der Waals surface area contributed by atoms with E-state index < -0.39 is 0 Å². The molecule has 0 aliphatic carbocycles. The lowest BCUT2D eigenvalue weighted by molar-refractivity contribution is -0.125. The van der Waals surface area contributed by atoms with Crippen molar-refractivity contribution in [1.82, 2.24) is 15.3 Å². The Hall–Kier alpha value is -3.61. The molecule has 0 saturated carbocycles. The number of benzene rings is 2. The summed E-state index contributed by atoms with van der Waals surface area (Å²) in [6.07, 6.45) is 4.08. The molecule has 0 spiro atoms. The molecule has 33 heavy (non-hydrogen) atoms. The highest BCUT2D eigenvalue weighted by atomic mass is 16.5. The van der Waals surface area contributed by atoms with Crippen molar-refractivity contribution < 1.29 is 14.3 Å². The van der Waals surface area contributed by atoms with Crippen LogP contribution in [0.1, 0.15) is 30.9 Å². The number of carbonyl (C=O) groups excluding carboxylic acids is 1. The van der Waals surface area contributed by atoms with Gasteiger partial charge in [0.1, 0.15) is 23.6 Å². The van der Waals surface area contributed by atoms with Gasteiger partial charge in [-0.1, -0.05) is 31.2 Å². The van der Waals surface area contributed by atoms with Crippen molar-refractivity contribution in [2.24, 2.45) is 5.92 Å². The van der Waals surface area contributed by atoms with Crippen LogP contribution in [0, 0.1) is 5.92 Å². The van der Waals surface area contributed by atoms with Gasteiger partial charge in [-0.15, -0.1) is 0 Å². The molecule has 0 bridgehead atoms. The summed E-state index contributed by atoms with van der Waals surface area (Å²) >= 11 is 0. The fourth-order valence-electron chi connectivity index (χ4n) is 3.96. The van der Waals surface area contributed by atoms with Gasteiger partial charge in [0.2, 0.25) is 11.8 Å². The Morgan fingerprint density at radius 1 is 1.03 bits per heavy atom. The maximum Gasteiger partial charge on any atom is 0.224 e. The molecule has 1 saturated heterocycles. The minimum absolute atomic E-state index is 0.00138. The SMILES string of the molecule is CCc1ccc(Oc2cc(N3CCC(C(=O)NCc4cccc(OC)c4)CC3)ncn2)cc1. The number of nitrogens with zero attached hydrogens (tertiary/aromatic N) is 3. The average Bonchev–Trinajstić information content (AvgIpc) is 2.88. The van der Waals surface area contributed by atoms with E-state index in [1.165, 1.54) is 11.9 Å². The number of nitrogens with one attached hydrogen (secondary N) is 1. The molecule has 1 amide bonds. The molecule has 1 fully saturated rings. The van der Waals surface area contributed by atoms with Crippen LogP contribution in [0.5, 0.6) is 17.4 Å². The fraction of sp³-hybridized carbons (Fsp3) is 0.346. The molecular weight excluding hydrogens is 416 g/mol. The molecule has 3 aromatic rings. The number of anilines is 1. The summed E-state index contributed by atoms with van der Waals surface area (Å²) in [5.74, 6) is 2.98. The third kappa shape index (κ3) is 6.00. The van der Waals surface area contributed by atoms with Gasteiger partial charge in [-0.2, -0.15) is 0 Å². The van der Waals surface area contributed by atoms with Gasteiger partial charge in [0.15, 0.2) is 0 Å². The number of rotatable bonds is 8. The average molecular weight is 447 g/mol. The zero-order chi connectivity index (χ0) is 23.0. The molecule has 7 nitrogen and oxygen atoms in total. The fourth-order valence-corrected chi connectivity index (χ4v) is 3.96. The highest BCUT2D eigenvalue weighted by molar-refractivity contribution is 5.79. The lowest BCUT2D eigenvalue weighted by Crippen LogP contribution is -2.40. The van der Waals surface area contributed by atoms with E-state index in [4.69, 9.17) is 9.47 Å². The van der Waals surface area contributed by atoms with E-state index in [2.05, 4.69) is 39.2 Å². The molecule has 0 radical (unpaired) electrons. The predicted octanol–water partition coefficient (Wildman–Crippen LogP) is 4.37. The van der Waals surface area contributed by atoms with Crippen molar-refractivity contribution in [3.8, 4) is 17.4 Å². The van der Waals surface area contributed by atoms with Crippen molar-refractivity contribution in [1.29, 1.82) is 0 Å². The van der Waals surface area contributed by atoms with Gasteiger partial charge in [0.05, 0.1) is 7.11 Å². The van der Waals surface area contributed by atoms with E-state index in [1.54, 1.807) is 7.11 Å². The van der Waals surface area contributed by atoms with Gasteiger partial charge in [-0.25, -0.2) is 9.97 Å². The number of aryl methyl sites for hydroxylation is 1. The molecule has 2 aromatic carbocycles. The molecule has 1 aliphatic rings. The number of hydrogen-bond acceptors (Lipinski definition) is 6. The number of methoxy groups -OCH3 is 1. The molecule has 0 atom stereocenters. The molecule has 2 heterocycles. The Balaban J connectivity index is 1.29. The molecule has 172 valence electrons. The first kappa shape index (κ1) is 22.6. The predicted molar refractivity (Wildman–Crippen MR) is 128 cm³/mol. The van der Waals surface area contributed by atoms with Crippen molar-refractivity contribution in [2.45, 2.75) is 32.7 Å². The summed E-state index contributed by atoms with van der Waals surface area (Å²) in [7, 11) is 1.64. The van der Waals surface area contributed by atoms with E-state index in [9.17, 15) is 4.79 Å². The number of piperidine rings is 1. The zero-order valence-corrected chi connectivity index (χ0v) is 19.2. The van der Waals surface area contributed by atoms with Crippen LogP contribution in [0.15, 0.2) is 60.9 Å². The minimum Gasteiger partial charge on any atom is -0.497 e. The molecular formula is C26H30N4O3. The van der Waals surface area contributed by atoms with Crippen molar-refractivity contribution in [2.75, 3.05) is 25.1 Å². The zero-order valence-electron chi connectivity index (χ0n) is 19.2. The Kier molecular flexibility index (Phi) is 7.40. The molecule has 7 heteroatoms. The van der Waals surface area contributed by atoms with Crippen LogP contribution < -0.4 is 19.7 Å². The van der Waals surface area contributed by atoms with Crippen LogP contribution in [0.3, 0.4) is 0 Å². The first-order valence-electron chi connectivity index (χ1n) is 11.4. The Morgan fingerprint density at radius 3 is 2.55 bits per heavy atom. The maximum absolute atomic E-state index is 12.7. The quantitative estimate of drug-likeness (QED) is 0.554. The molecule has 4 rings (SSSR count). The molecule has 1 N–H and O–H groups in total. The summed E-state index contributed by atoms with van der Waals surface area (Å²) < 4.78 is 11.2. The maximum atomic E-state index is 12.7. The van der Waals surface area contributed by atoms with Crippen molar-refractivity contribution in [3.63, 3.8) is 0 Å². The van der Waals surface area contributed by atoms with Crippen LogP contribution in [0.4, 0.5) is 5.82 Å². The standard InChI is InChI=1S/C26H30N4O3/c1-3-19-7-9-22(10-8-19)33-25-16-24(28-18-29-25)30-13-11-21(12-14-30)26(31)27-17-20-5-4-6-23(15-20)32-2/h4-10,15-16,18,21H,3,11-14,17H2,1-2H3,(H,27,31). The summed E-state index contributed by atoms with van der Waals surface area (Å²) in [6.45, 7) is 4.15. The van der Waals surface area contributed by atoms with Crippen molar-refractivity contribution in [3.05, 3.63) is 72.1 Å². The lowest BCUT2D eigenvalue weighted by Gasteiger charge is -2.32. The first-order chi connectivity index (χ1) is 16.1. The van der Waals surface area contributed by atoms with E-state index >= 15 is 0 Å². The number of carbonyl (C=O) groups is 1. The molecule has 0 unspecified atom stereocenters. The second-order valence-electron chi connectivity index (χ2n) is 8.14. The third-order valence-corrected chi connectivity index (χ3v) is 5.97. The minimum atomic E-state index is 0.00138. The summed E-state index contributed by atoms with van der Waals surface area (Å²) in [6, 6.07) is 17.6. The topological polar surface area (TPSA) is 76.6 Å². The number of aromatic nitrogens is 2. The molecule has 1 aromatic heterocycles. The monoisotopic (exact) mass is 446 g/mol. The Morgan fingerprint density at radius 2 is 1.82 bits per heavy atom. The highest BCUT2D eigenvalue weighted by Gasteiger charge is 2.25. The second kappa shape index (κ2) is 10.8. The third-order valence-electron chi connectivity index (χ3n) is 5.97. The number of amides is 1. The van der Waals surface area contributed by atoms with Gasteiger partial charge in [0, 0.05) is 31.6 Å². The summed E-state index contributed by atoms with van der Waals surface area (Å²) in [5.41, 5.74) is 2.29. The van der Waals surface area contributed by atoms with Crippen LogP contribution in [-0.2, 0) is 17.8 Å². The smallest absolute Gasteiger partial charge is 0.224 e. The number of ether oxygens (including phenoxy) is 2. The lowest BCUT2D eigenvalue weighted by atomic mass is 9.96. The largest absolute Gasteiger partial charge is 0.497 e. The molecule has 1 aliphatic heterocycles. The van der Waals surface area contributed by atoms with Gasteiger partial charge in [-0.05, 0) is 54.7 Å². The highest BCUT2D eigenvalue weighted by Crippen LogP contribution is 2.26. The Bertz CT molecular complexity index is 1060. The van der Waals surface area contributed by atoms with E-state index in [0.29, 0.717) is 12.4 Å². The van der Waals surface area contributed by atoms with Crippen LogP contribution in [0.25, 0.3) is 0 Å². The van der Waals surface area contributed by atoms with Crippen LogP contribution >= 0.6 is 0 Å². The normalized spacial score (nSPS) is 14.1. The van der Waals surface area contributed by atoms with Crippen LogP contribution in [0.2, 0.25) is 0 Å². The van der Waals surface area contributed by atoms with Crippen molar-refractivity contribution >= 4 is 11.7 Å². The van der Waals surface area contributed by atoms with Gasteiger partial charge in [0.25, 0.3) is 0 Å². The summed E-state index contributed by atoms with van der Waals surface area (Å²) in [4.78, 5) is 23.5.